The molecule has 0 N–H and O–H groups in total. The maximum Gasteiger partial charge on any atom is 0.108 e. The summed E-state index contributed by atoms with van der Waals surface area (Å²) < 4.78 is 2.50. The second-order valence-electron chi connectivity index (χ2n) is 9.67. The van der Waals surface area contributed by atoms with Gasteiger partial charge in [-0.1, -0.05) is 121 Å². The summed E-state index contributed by atoms with van der Waals surface area (Å²) in [5, 5.41) is 0. The molecule has 0 spiro atoms. The molecular formula is C30H50N2. The molecule has 0 aliphatic rings. The van der Waals surface area contributed by atoms with Gasteiger partial charge in [0.1, 0.15) is 5.82 Å². The molecular weight excluding hydrogens is 388 g/mol. The van der Waals surface area contributed by atoms with Crippen LogP contribution in [0.5, 0.6) is 0 Å². The van der Waals surface area contributed by atoms with E-state index in [-0.39, 0.29) is 0 Å². The van der Waals surface area contributed by atoms with Gasteiger partial charge in [0.2, 0.25) is 0 Å². The van der Waals surface area contributed by atoms with Crippen molar-refractivity contribution in [3.05, 3.63) is 53.6 Å². The van der Waals surface area contributed by atoms with Gasteiger partial charge in [0, 0.05) is 19.2 Å². The summed E-state index contributed by atoms with van der Waals surface area (Å²) in [6.45, 7) is 5.75. The highest BCUT2D eigenvalue weighted by Crippen LogP contribution is 2.15. The number of aryl methyl sites for hydroxylation is 4. The number of aromatic nitrogens is 2. The molecule has 0 fully saturated rings. The first kappa shape index (κ1) is 26.7. The molecule has 1 aromatic carbocycles. The van der Waals surface area contributed by atoms with Crippen LogP contribution >= 0.6 is 0 Å². The Bertz CT molecular complexity index is 673. The third kappa shape index (κ3) is 11.9. The Morgan fingerprint density at radius 2 is 1.19 bits per heavy atom. The monoisotopic (exact) mass is 438 g/mol. The number of rotatable bonds is 20. The molecule has 180 valence electrons. The van der Waals surface area contributed by atoms with Crippen LogP contribution in [0.2, 0.25) is 0 Å². The molecule has 0 aliphatic carbocycles. The first-order valence-electron chi connectivity index (χ1n) is 13.9. The van der Waals surface area contributed by atoms with Gasteiger partial charge < -0.3 is 4.57 Å². The third-order valence-electron chi connectivity index (χ3n) is 6.66. The van der Waals surface area contributed by atoms with E-state index in [0.717, 1.165) is 25.8 Å². The van der Waals surface area contributed by atoms with Gasteiger partial charge >= 0.3 is 0 Å². The molecule has 2 rings (SSSR count). The molecule has 32 heavy (non-hydrogen) atoms. The number of unbranched alkanes of at least 4 members (excludes halogenated alkanes) is 12. The molecule has 2 aromatic rings. The molecule has 2 nitrogen and oxygen atoms in total. The van der Waals surface area contributed by atoms with Gasteiger partial charge in [-0.2, -0.15) is 0 Å². The molecule has 1 heterocycles. The van der Waals surface area contributed by atoms with E-state index >= 15 is 0 Å². The molecule has 0 atom stereocenters. The van der Waals surface area contributed by atoms with Gasteiger partial charge in [-0.15, -0.1) is 0 Å². The quantitative estimate of drug-likeness (QED) is 0.188. The van der Waals surface area contributed by atoms with E-state index < -0.39 is 0 Å². The topological polar surface area (TPSA) is 17.8 Å². The average Bonchev–Trinajstić information content (AvgIpc) is 3.20. The average molecular weight is 439 g/mol. The van der Waals surface area contributed by atoms with E-state index in [9.17, 15) is 0 Å². The van der Waals surface area contributed by atoms with Crippen molar-refractivity contribution in [1.82, 2.24) is 9.55 Å². The summed E-state index contributed by atoms with van der Waals surface area (Å²) in [7, 11) is 0. The Labute approximate surface area is 199 Å². The molecule has 2 heteroatoms. The van der Waals surface area contributed by atoms with Gasteiger partial charge in [0.25, 0.3) is 0 Å². The predicted molar refractivity (Wildman–Crippen MR) is 140 cm³/mol. The fourth-order valence-electron chi connectivity index (χ4n) is 4.62. The molecule has 0 radical (unpaired) electrons. The smallest absolute Gasteiger partial charge is 0.108 e. The number of hydrogen-bond donors (Lipinski definition) is 0. The van der Waals surface area contributed by atoms with Crippen LogP contribution < -0.4 is 0 Å². The van der Waals surface area contributed by atoms with Gasteiger partial charge in [-0.3, -0.25) is 0 Å². The lowest BCUT2D eigenvalue weighted by Crippen LogP contribution is -2.03. The van der Waals surface area contributed by atoms with E-state index in [1.165, 1.54) is 113 Å². The predicted octanol–water partition coefficient (Wildman–Crippen LogP) is 9.10. The molecule has 0 amide bonds. The lowest BCUT2D eigenvalue weighted by Gasteiger charge is -2.08. The Balaban J connectivity index is 1.76. The van der Waals surface area contributed by atoms with Crippen molar-refractivity contribution in [3.8, 4) is 0 Å². The van der Waals surface area contributed by atoms with Crippen molar-refractivity contribution in [3.63, 3.8) is 0 Å². The van der Waals surface area contributed by atoms with Crippen LogP contribution in [-0.2, 0) is 25.8 Å². The lowest BCUT2D eigenvalue weighted by molar-refractivity contribution is 0.533. The molecule has 0 unspecified atom stereocenters. The minimum atomic E-state index is 1.10. The minimum Gasteiger partial charge on any atom is -0.335 e. The zero-order valence-electron chi connectivity index (χ0n) is 21.3. The van der Waals surface area contributed by atoms with Crippen LogP contribution in [-0.4, -0.2) is 9.55 Å². The summed E-state index contributed by atoms with van der Waals surface area (Å²) in [6, 6.07) is 10.9. The highest BCUT2D eigenvalue weighted by molar-refractivity contribution is 5.15. The van der Waals surface area contributed by atoms with Crippen LogP contribution in [0.4, 0.5) is 0 Å². The fraction of sp³-hybridized carbons (Fsp3) is 0.700. The van der Waals surface area contributed by atoms with Crippen molar-refractivity contribution < 1.29 is 0 Å². The maximum absolute atomic E-state index is 5.09. The Morgan fingerprint density at radius 1 is 0.594 bits per heavy atom. The number of imidazole rings is 1. The number of nitrogens with zero attached hydrogens (tertiary/aromatic N) is 2. The van der Waals surface area contributed by atoms with Crippen LogP contribution in [0.1, 0.15) is 127 Å². The van der Waals surface area contributed by atoms with E-state index in [2.05, 4.69) is 54.9 Å². The summed E-state index contributed by atoms with van der Waals surface area (Å²) in [5.41, 5.74) is 2.75. The van der Waals surface area contributed by atoms with Crippen LogP contribution in [0.15, 0.2) is 36.5 Å². The van der Waals surface area contributed by atoms with E-state index in [0.29, 0.717) is 0 Å². The van der Waals surface area contributed by atoms with Crippen LogP contribution in [0.3, 0.4) is 0 Å². The first-order valence-corrected chi connectivity index (χ1v) is 13.9. The van der Waals surface area contributed by atoms with Gasteiger partial charge in [0.15, 0.2) is 0 Å². The Morgan fingerprint density at radius 3 is 1.84 bits per heavy atom. The SMILES string of the molecule is CCCCCCCCCCc1nc(CCCc2ccccc2)cn1CCCCCCCC. The summed E-state index contributed by atoms with van der Waals surface area (Å²) in [5.74, 6) is 1.35. The third-order valence-corrected chi connectivity index (χ3v) is 6.66. The van der Waals surface area contributed by atoms with Crippen molar-refractivity contribution in [2.45, 2.75) is 136 Å². The first-order chi connectivity index (χ1) is 15.8. The summed E-state index contributed by atoms with van der Waals surface area (Å²) in [4.78, 5) is 5.09. The van der Waals surface area contributed by atoms with Crippen molar-refractivity contribution in [1.29, 1.82) is 0 Å². The minimum absolute atomic E-state index is 1.10. The summed E-state index contributed by atoms with van der Waals surface area (Å²) in [6.07, 6.45) is 26.2. The number of hydrogen-bond acceptors (Lipinski definition) is 1. The molecule has 0 saturated carbocycles. The summed E-state index contributed by atoms with van der Waals surface area (Å²) >= 11 is 0. The number of benzene rings is 1. The lowest BCUT2D eigenvalue weighted by atomic mass is 10.1. The van der Waals surface area contributed by atoms with Crippen molar-refractivity contribution in [2.75, 3.05) is 0 Å². The van der Waals surface area contributed by atoms with Gasteiger partial charge in [0.05, 0.1) is 5.69 Å². The van der Waals surface area contributed by atoms with E-state index in [4.69, 9.17) is 4.98 Å². The van der Waals surface area contributed by atoms with Crippen molar-refractivity contribution in [2.24, 2.45) is 0 Å². The Hall–Kier alpha value is -1.57. The Kier molecular flexibility index (Phi) is 14.9. The molecule has 0 saturated heterocycles. The molecule has 0 aliphatic heterocycles. The van der Waals surface area contributed by atoms with E-state index in [1.807, 2.05) is 0 Å². The van der Waals surface area contributed by atoms with Crippen molar-refractivity contribution >= 4 is 0 Å². The second kappa shape index (κ2) is 17.9. The largest absolute Gasteiger partial charge is 0.335 e. The van der Waals surface area contributed by atoms with E-state index in [1.54, 1.807) is 0 Å². The molecule has 1 aromatic heterocycles. The standard InChI is InChI=1S/C30H50N2/c1-3-5-7-9-11-12-13-18-25-30-31-29(24-20-23-28-21-16-15-17-22-28)27-32(30)26-19-14-10-8-6-4-2/h15-17,21-22,27H,3-14,18-20,23-26H2,1-2H3. The zero-order chi connectivity index (χ0) is 22.7. The van der Waals surface area contributed by atoms with Gasteiger partial charge in [-0.25, -0.2) is 4.98 Å². The normalized spacial score (nSPS) is 11.3. The highest BCUT2D eigenvalue weighted by Gasteiger charge is 2.08. The second-order valence-corrected chi connectivity index (χ2v) is 9.67. The van der Waals surface area contributed by atoms with Crippen LogP contribution in [0, 0.1) is 0 Å². The highest BCUT2D eigenvalue weighted by atomic mass is 15.1. The van der Waals surface area contributed by atoms with Gasteiger partial charge in [-0.05, 0) is 37.7 Å². The zero-order valence-corrected chi connectivity index (χ0v) is 21.3. The fourth-order valence-corrected chi connectivity index (χ4v) is 4.62. The maximum atomic E-state index is 5.09. The van der Waals surface area contributed by atoms with Crippen LogP contribution in [0.25, 0.3) is 0 Å². The molecule has 0 bridgehead atoms.